The van der Waals surface area contributed by atoms with Crippen LogP contribution in [0.2, 0.25) is 0 Å². The van der Waals surface area contributed by atoms with E-state index < -0.39 is 5.60 Å². The van der Waals surface area contributed by atoms with Crippen LogP contribution in [0.25, 0.3) is 0 Å². The van der Waals surface area contributed by atoms with Gasteiger partial charge >= 0.3 is 6.09 Å². The second-order valence-corrected chi connectivity index (χ2v) is 7.21. The number of hydrogen-bond acceptors (Lipinski definition) is 3. The van der Waals surface area contributed by atoms with E-state index >= 15 is 0 Å². The molecule has 2 rings (SSSR count). The molecule has 0 aromatic rings. The Morgan fingerprint density at radius 3 is 2.21 bits per heavy atom. The first-order valence-corrected chi connectivity index (χ1v) is 7.57. The first-order valence-electron chi connectivity index (χ1n) is 7.57. The van der Waals surface area contributed by atoms with Crippen molar-refractivity contribution < 1.29 is 9.53 Å². The summed E-state index contributed by atoms with van der Waals surface area (Å²) >= 11 is 0. The summed E-state index contributed by atoms with van der Waals surface area (Å²) in [6.45, 7) is 9.64. The van der Waals surface area contributed by atoms with Gasteiger partial charge in [-0.2, -0.15) is 0 Å². The van der Waals surface area contributed by atoms with E-state index in [1.54, 1.807) is 4.90 Å². The summed E-state index contributed by atoms with van der Waals surface area (Å²) in [5.41, 5.74) is -0.394. The van der Waals surface area contributed by atoms with Gasteiger partial charge in [0.25, 0.3) is 0 Å². The quantitative estimate of drug-likeness (QED) is 0.837. The summed E-state index contributed by atoms with van der Waals surface area (Å²) in [5, 5.41) is 3.67. The highest BCUT2D eigenvalue weighted by atomic mass is 16.6. The number of nitrogens with one attached hydrogen (secondary N) is 1. The molecule has 1 saturated carbocycles. The lowest BCUT2D eigenvalue weighted by Gasteiger charge is -2.42. The maximum atomic E-state index is 11.8. The van der Waals surface area contributed by atoms with E-state index in [4.69, 9.17) is 4.74 Å². The molecule has 1 aliphatic heterocycles. The van der Waals surface area contributed by atoms with Crippen LogP contribution in [0, 0.1) is 5.92 Å². The Morgan fingerprint density at radius 1 is 1.11 bits per heavy atom. The molecule has 1 saturated heterocycles. The van der Waals surface area contributed by atoms with Gasteiger partial charge in [0.15, 0.2) is 0 Å². The van der Waals surface area contributed by atoms with E-state index in [9.17, 15) is 4.79 Å². The first-order chi connectivity index (χ1) is 8.83. The number of rotatable bonds is 2. The molecule has 4 heteroatoms. The molecular weight excluding hydrogens is 240 g/mol. The van der Waals surface area contributed by atoms with Crippen LogP contribution in [-0.4, -0.2) is 41.8 Å². The first kappa shape index (κ1) is 14.6. The summed E-state index contributed by atoms with van der Waals surface area (Å²) in [7, 11) is 0. The molecule has 1 aliphatic carbocycles. The van der Waals surface area contributed by atoms with Gasteiger partial charge in [-0.25, -0.2) is 4.79 Å². The average molecular weight is 268 g/mol. The van der Waals surface area contributed by atoms with Gasteiger partial charge < -0.3 is 15.0 Å². The molecule has 19 heavy (non-hydrogen) atoms. The minimum Gasteiger partial charge on any atom is -0.444 e. The van der Waals surface area contributed by atoms with Crippen LogP contribution < -0.4 is 5.32 Å². The van der Waals surface area contributed by atoms with Crippen molar-refractivity contribution in [2.24, 2.45) is 5.92 Å². The van der Waals surface area contributed by atoms with Crippen LogP contribution in [-0.2, 0) is 4.74 Å². The fourth-order valence-electron chi connectivity index (χ4n) is 2.82. The summed E-state index contributed by atoms with van der Waals surface area (Å²) in [5.74, 6) is 0.887. The number of nitrogens with zero attached hydrogens (tertiary/aromatic N) is 1. The number of amides is 1. The van der Waals surface area contributed by atoms with Gasteiger partial charge in [0, 0.05) is 25.2 Å². The van der Waals surface area contributed by atoms with Crippen molar-refractivity contribution in [3.05, 3.63) is 0 Å². The molecule has 0 bridgehead atoms. The van der Waals surface area contributed by atoms with Crippen molar-refractivity contribution in [2.45, 2.75) is 71.1 Å². The Labute approximate surface area is 116 Å². The Hall–Kier alpha value is -0.770. The van der Waals surface area contributed by atoms with Gasteiger partial charge in [-0.05, 0) is 52.4 Å². The van der Waals surface area contributed by atoms with E-state index in [1.165, 1.54) is 25.7 Å². The molecule has 1 N–H and O–H groups in total. The highest BCUT2D eigenvalue weighted by Crippen LogP contribution is 2.25. The zero-order chi connectivity index (χ0) is 14.0. The fraction of sp³-hybridized carbons (Fsp3) is 0.933. The molecule has 2 fully saturated rings. The molecule has 1 amide bonds. The minimum atomic E-state index is -0.394. The topological polar surface area (TPSA) is 41.6 Å². The third-order valence-electron chi connectivity index (χ3n) is 4.02. The number of ether oxygens (including phenoxy) is 1. The van der Waals surface area contributed by atoms with Crippen LogP contribution in [0.5, 0.6) is 0 Å². The molecule has 0 aromatic carbocycles. The van der Waals surface area contributed by atoms with E-state index in [-0.39, 0.29) is 6.09 Å². The second-order valence-electron chi connectivity index (χ2n) is 7.21. The van der Waals surface area contributed by atoms with E-state index in [0.29, 0.717) is 12.1 Å². The Morgan fingerprint density at radius 2 is 1.68 bits per heavy atom. The van der Waals surface area contributed by atoms with Gasteiger partial charge in [0.1, 0.15) is 5.60 Å². The van der Waals surface area contributed by atoms with E-state index in [1.807, 2.05) is 20.8 Å². The number of carbonyl (C=O) groups is 1. The van der Waals surface area contributed by atoms with Gasteiger partial charge in [-0.15, -0.1) is 0 Å². The van der Waals surface area contributed by atoms with E-state index in [2.05, 4.69) is 12.2 Å². The standard InChI is InChI=1S/C15H28N2O2/c1-11-5-7-12(8-6-11)16-13-9-17(10-13)14(18)19-15(2,3)4/h11-13,16H,5-10H2,1-4H3. The normalized spacial score (nSPS) is 28.9. The molecule has 0 spiro atoms. The van der Waals surface area contributed by atoms with Crippen LogP contribution in [0.1, 0.15) is 53.4 Å². The molecular formula is C15H28N2O2. The number of likely N-dealkylation sites (tertiary alicyclic amines) is 1. The van der Waals surface area contributed by atoms with Crippen molar-refractivity contribution in [1.82, 2.24) is 10.2 Å². The Balaban J connectivity index is 1.65. The third kappa shape index (κ3) is 4.37. The molecule has 2 aliphatic rings. The minimum absolute atomic E-state index is 0.178. The van der Waals surface area contributed by atoms with Crippen molar-refractivity contribution in [3.63, 3.8) is 0 Å². The second kappa shape index (κ2) is 5.70. The average Bonchev–Trinajstić information content (AvgIpc) is 2.22. The maximum Gasteiger partial charge on any atom is 0.410 e. The Kier molecular flexibility index (Phi) is 4.39. The van der Waals surface area contributed by atoms with Crippen LogP contribution in [0.15, 0.2) is 0 Å². The zero-order valence-corrected chi connectivity index (χ0v) is 12.7. The monoisotopic (exact) mass is 268 g/mol. The molecule has 4 nitrogen and oxygen atoms in total. The van der Waals surface area contributed by atoms with Gasteiger partial charge in [0.05, 0.1) is 0 Å². The molecule has 1 heterocycles. The van der Waals surface area contributed by atoms with Crippen LogP contribution >= 0.6 is 0 Å². The third-order valence-corrected chi connectivity index (χ3v) is 4.02. The number of carbonyl (C=O) groups excluding carboxylic acids is 1. The van der Waals surface area contributed by atoms with Crippen LogP contribution in [0.3, 0.4) is 0 Å². The lowest BCUT2D eigenvalue weighted by atomic mass is 9.87. The van der Waals surface area contributed by atoms with Gasteiger partial charge in [0.2, 0.25) is 0 Å². The van der Waals surface area contributed by atoms with Crippen LogP contribution in [0.4, 0.5) is 4.79 Å². The summed E-state index contributed by atoms with van der Waals surface area (Å²) in [6.07, 6.45) is 5.05. The molecule has 0 radical (unpaired) electrons. The predicted molar refractivity (Wildman–Crippen MR) is 76.2 cm³/mol. The van der Waals surface area contributed by atoms with Crippen molar-refractivity contribution in [3.8, 4) is 0 Å². The molecule has 0 unspecified atom stereocenters. The van der Waals surface area contributed by atoms with Crippen molar-refractivity contribution in [1.29, 1.82) is 0 Å². The van der Waals surface area contributed by atoms with Gasteiger partial charge in [-0.3, -0.25) is 0 Å². The molecule has 110 valence electrons. The lowest BCUT2D eigenvalue weighted by molar-refractivity contribution is 0.00349. The van der Waals surface area contributed by atoms with Crippen molar-refractivity contribution in [2.75, 3.05) is 13.1 Å². The maximum absolute atomic E-state index is 11.8. The van der Waals surface area contributed by atoms with Gasteiger partial charge in [-0.1, -0.05) is 6.92 Å². The number of hydrogen-bond donors (Lipinski definition) is 1. The molecule has 0 atom stereocenters. The fourth-order valence-corrected chi connectivity index (χ4v) is 2.82. The molecule has 0 aromatic heterocycles. The SMILES string of the molecule is CC1CCC(NC2CN(C(=O)OC(C)(C)C)C2)CC1. The zero-order valence-electron chi connectivity index (χ0n) is 12.7. The summed E-state index contributed by atoms with van der Waals surface area (Å²) < 4.78 is 5.35. The summed E-state index contributed by atoms with van der Waals surface area (Å²) in [6, 6.07) is 1.12. The lowest BCUT2D eigenvalue weighted by Crippen LogP contribution is -2.62. The van der Waals surface area contributed by atoms with Crippen molar-refractivity contribution >= 4 is 6.09 Å². The summed E-state index contributed by atoms with van der Waals surface area (Å²) in [4.78, 5) is 13.6. The Bertz CT molecular complexity index is 311. The highest BCUT2D eigenvalue weighted by Gasteiger charge is 2.35. The van der Waals surface area contributed by atoms with E-state index in [0.717, 1.165) is 19.0 Å². The highest BCUT2D eigenvalue weighted by molar-refractivity contribution is 5.69. The largest absolute Gasteiger partial charge is 0.444 e. The smallest absolute Gasteiger partial charge is 0.410 e. The predicted octanol–water partition coefficient (Wildman–Crippen LogP) is 2.77.